The van der Waals surface area contributed by atoms with E-state index >= 15 is 0 Å². The largest absolute Gasteiger partial charge is 0.312 e. The van der Waals surface area contributed by atoms with Crippen molar-refractivity contribution >= 4 is 27.7 Å². The van der Waals surface area contributed by atoms with E-state index in [0.717, 1.165) is 22.5 Å². The lowest BCUT2D eigenvalue weighted by atomic mass is 10.1. The van der Waals surface area contributed by atoms with E-state index in [0.29, 0.717) is 6.54 Å². The van der Waals surface area contributed by atoms with Crippen LogP contribution in [0.1, 0.15) is 12.0 Å². The first-order valence-corrected chi connectivity index (χ1v) is 7.43. The van der Waals surface area contributed by atoms with Crippen molar-refractivity contribution < 1.29 is 4.39 Å². The normalized spacial score (nSPS) is 20.2. The number of hydrogen-bond acceptors (Lipinski definition) is 2. The second-order valence-corrected chi connectivity index (χ2v) is 6.16. The van der Waals surface area contributed by atoms with Crippen molar-refractivity contribution in [1.29, 1.82) is 0 Å². The Labute approximate surface area is 108 Å². The Morgan fingerprint density at radius 1 is 1.50 bits per heavy atom. The van der Waals surface area contributed by atoms with Gasteiger partial charge in [0.25, 0.3) is 0 Å². The minimum Gasteiger partial charge on any atom is -0.312 e. The molecule has 1 heterocycles. The summed E-state index contributed by atoms with van der Waals surface area (Å²) < 4.78 is 14.3. The van der Waals surface area contributed by atoms with E-state index < -0.39 is 0 Å². The molecule has 0 saturated carbocycles. The smallest absolute Gasteiger partial charge is 0.128 e. The maximum absolute atomic E-state index is 13.5. The molecule has 1 aliphatic heterocycles. The van der Waals surface area contributed by atoms with Gasteiger partial charge in [-0.1, -0.05) is 22.0 Å². The molecule has 0 radical (unpaired) electrons. The highest BCUT2D eigenvalue weighted by Crippen LogP contribution is 2.22. The Morgan fingerprint density at radius 3 is 3.06 bits per heavy atom. The summed E-state index contributed by atoms with van der Waals surface area (Å²) in [7, 11) is 0. The molecule has 4 heteroatoms. The van der Waals surface area contributed by atoms with Gasteiger partial charge >= 0.3 is 0 Å². The van der Waals surface area contributed by atoms with E-state index in [1.165, 1.54) is 24.0 Å². The molecule has 1 N–H and O–H groups in total. The third-order valence-electron chi connectivity index (χ3n) is 2.79. The minimum atomic E-state index is -0.136. The molecule has 1 aliphatic rings. The van der Waals surface area contributed by atoms with Gasteiger partial charge in [0.05, 0.1) is 0 Å². The molecule has 0 aliphatic carbocycles. The van der Waals surface area contributed by atoms with Crippen molar-refractivity contribution in [2.24, 2.45) is 5.92 Å². The molecule has 0 spiro atoms. The standard InChI is InChI=1S/C12H15BrFNS/c13-11-2-1-10(12(14)5-11)7-15-6-9-3-4-16-8-9/h1-2,5,9,15H,3-4,6-8H2. The number of halogens is 2. The molecule has 1 fully saturated rings. The Bertz CT molecular complexity index is 353. The molecular formula is C12H15BrFNS. The van der Waals surface area contributed by atoms with Gasteiger partial charge in [0.1, 0.15) is 5.82 Å². The average molecular weight is 304 g/mol. The maximum atomic E-state index is 13.5. The SMILES string of the molecule is Fc1cc(Br)ccc1CNCC1CCSC1. The Balaban J connectivity index is 1.80. The van der Waals surface area contributed by atoms with E-state index in [-0.39, 0.29) is 5.82 Å². The van der Waals surface area contributed by atoms with Crippen LogP contribution in [0.25, 0.3) is 0 Å². The third-order valence-corrected chi connectivity index (χ3v) is 4.51. The van der Waals surface area contributed by atoms with Gasteiger partial charge in [-0.3, -0.25) is 0 Å². The molecule has 1 atom stereocenters. The minimum absolute atomic E-state index is 0.136. The van der Waals surface area contributed by atoms with Gasteiger partial charge in [0.15, 0.2) is 0 Å². The number of benzene rings is 1. The lowest BCUT2D eigenvalue weighted by Crippen LogP contribution is -2.22. The van der Waals surface area contributed by atoms with Crippen LogP contribution < -0.4 is 5.32 Å². The van der Waals surface area contributed by atoms with Gasteiger partial charge < -0.3 is 5.32 Å². The predicted octanol–water partition coefficient (Wildman–Crippen LogP) is 3.43. The monoisotopic (exact) mass is 303 g/mol. The summed E-state index contributed by atoms with van der Waals surface area (Å²) >= 11 is 5.27. The summed E-state index contributed by atoms with van der Waals surface area (Å²) in [5, 5.41) is 3.34. The molecule has 2 rings (SSSR count). The lowest BCUT2D eigenvalue weighted by Gasteiger charge is -2.10. The van der Waals surface area contributed by atoms with Crippen LogP contribution in [0.4, 0.5) is 4.39 Å². The van der Waals surface area contributed by atoms with Crippen LogP contribution in [-0.4, -0.2) is 18.1 Å². The molecule has 1 aromatic carbocycles. The lowest BCUT2D eigenvalue weighted by molar-refractivity contribution is 0.512. The van der Waals surface area contributed by atoms with Gasteiger partial charge in [0.2, 0.25) is 0 Å². The summed E-state index contributed by atoms with van der Waals surface area (Å²) in [5.41, 5.74) is 0.744. The van der Waals surface area contributed by atoms with Crippen LogP contribution in [0.2, 0.25) is 0 Å². The van der Waals surface area contributed by atoms with Gasteiger partial charge in [-0.25, -0.2) is 4.39 Å². The first-order valence-electron chi connectivity index (χ1n) is 5.48. The number of rotatable bonds is 4. The molecule has 0 bridgehead atoms. The van der Waals surface area contributed by atoms with E-state index in [1.54, 1.807) is 0 Å². The first-order chi connectivity index (χ1) is 7.75. The molecule has 1 saturated heterocycles. The Kier molecular flexibility index (Phi) is 4.67. The van der Waals surface area contributed by atoms with Crippen molar-refractivity contribution in [3.8, 4) is 0 Å². The van der Waals surface area contributed by atoms with Gasteiger partial charge in [-0.05, 0) is 42.5 Å². The quantitative estimate of drug-likeness (QED) is 0.914. The highest BCUT2D eigenvalue weighted by molar-refractivity contribution is 9.10. The van der Waals surface area contributed by atoms with Crippen LogP contribution in [0.3, 0.4) is 0 Å². The third kappa shape index (κ3) is 3.47. The fraction of sp³-hybridized carbons (Fsp3) is 0.500. The summed E-state index contributed by atoms with van der Waals surface area (Å²) in [6, 6.07) is 5.23. The van der Waals surface area contributed by atoms with Crippen LogP contribution in [0.15, 0.2) is 22.7 Å². The molecule has 0 amide bonds. The van der Waals surface area contributed by atoms with Crippen molar-refractivity contribution in [2.45, 2.75) is 13.0 Å². The second-order valence-electron chi connectivity index (χ2n) is 4.10. The van der Waals surface area contributed by atoms with Crippen molar-refractivity contribution in [3.63, 3.8) is 0 Å². The average Bonchev–Trinajstić information content (AvgIpc) is 2.74. The van der Waals surface area contributed by atoms with Crippen molar-refractivity contribution in [2.75, 3.05) is 18.1 Å². The zero-order valence-electron chi connectivity index (χ0n) is 9.01. The van der Waals surface area contributed by atoms with E-state index in [9.17, 15) is 4.39 Å². The summed E-state index contributed by atoms with van der Waals surface area (Å²) in [6.07, 6.45) is 1.29. The molecule has 1 unspecified atom stereocenters. The Morgan fingerprint density at radius 2 is 2.38 bits per heavy atom. The molecule has 1 nitrogen and oxygen atoms in total. The summed E-state index contributed by atoms with van der Waals surface area (Å²) in [4.78, 5) is 0. The number of nitrogens with one attached hydrogen (secondary N) is 1. The first kappa shape index (κ1) is 12.4. The van der Waals surface area contributed by atoms with E-state index in [1.807, 2.05) is 23.9 Å². The highest BCUT2D eigenvalue weighted by atomic mass is 79.9. The molecular weight excluding hydrogens is 289 g/mol. The van der Waals surface area contributed by atoms with Crippen LogP contribution in [0.5, 0.6) is 0 Å². The van der Waals surface area contributed by atoms with Gasteiger partial charge in [-0.2, -0.15) is 11.8 Å². The number of thioether (sulfide) groups is 1. The molecule has 0 aromatic heterocycles. The van der Waals surface area contributed by atoms with Crippen LogP contribution >= 0.6 is 27.7 Å². The fourth-order valence-electron chi connectivity index (χ4n) is 1.82. The zero-order valence-corrected chi connectivity index (χ0v) is 11.4. The van der Waals surface area contributed by atoms with Crippen LogP contribution in [0, 0.1) is 11.7 Å². The maximum Gasteiger partial charge on any atom is 0.128 e. The molecule has 88 valence electrons. The summed E-state index contributed by atoms with van der Waals surface area (Å²) in [5.74, 6) is 3.15. The molecule has 16 heavy (non-hydrogen) atoms. The molecule has 1 aromatic rings. The topological polar surface area (TPSA) is 12.0 Å². The zero-order chi connectivity index (χ0) is 11.4. The van der Waals surface area contributed by atoms with E-state index in [4.69, 9.17) is 0 Å². The van der Waals surface area contributed by atoms with Crippen molar-refractivity contribution in [3.05, 3.63) is 34.1 Å². The predicted molar refractivity (Wildman–Crippen MR) is 71.2 cm³/mol. The van der Waals surface area contributed by atoms with E-state index in [2.05, 4.69) is 21.2 Å². The fourth-order valence-corrected chi connectivity index (χ4v) is 3.44. The number of hydrogen-bond donors (Lipinski definition) is 1. The van der Waals surface area contributed by atoms with Crippen LogP contribution in [-0.2, 0) is 6.54 Å². The Hall–Kier alpha value is -0.0600. The van der Waals surface area contributed by atoms with Crippen molar-refractivity contribution in [1.82, 2.24) is 5.32 Å². The van der Waals surface area contributed by atoms with Gasteiger partial charge in [-0.15, -0.1) is 0 Å². The highest BCUT2D eigenvalue weighted by Gasteiger charge is 2.14. The summed E-state index contributed by atoms with van der Waals surface area (Å²) in [6.45, 7) is 1.63. The second kappa shape index (κ2) is 6.03. The van der Waals surface area contributed by atoms with Gasteiger partial charge in [0, 0.05) is 16.6 Å².